The molecule has 1 saturated carbocycles. The molecule has 0 bridgehead atoms. The maximum Gasteiger partial charge on any atom is 0.317 e. The van der Waals surface area contributed by atoms with Crippen LogP contribution in [-0.4, -0.2) is 42.5 Å². The molecule has 1 aliphatic heterocycles. The molecule has 5 N–H and O–H groups in total. The Morgan fingerprint density at radius 3 is 2.37 bits per heavy atom. The summed E-state index contributed by atoms with van der Waals surface area (Å²) in [4.78, 5) is 27.1. The normalized spacial score (nSPS) is 19.1. The van der Waals surface area contributed by atoms with Crippen LogP contribution >= 0.6 is 0 Å². The molecular formula is C30H34FN5O2. The largest absolute Gasteiger partial charge is 0.397 e. The number of para-hydroxylation sites is 2. The molecular weight excluding hydrogens is 481 g/mol. The minimum atomic E-state index is -0.233. The minimum absolute atomic E-state index is 0.0589. The number of rotatable bonds is 8. The van der Waals surface area contributed by atoms with Gasteiger partial charge in [-0.25, -0.2) is 9.18 Å². The monoisotopic (exact) mass is 515 g/mol. The van der Waals surface area contributed by atoms with E-state index in [1.807, 2.05) is 41.3 Å². The van der Waals surface area contributed by atoms with Crippen LogP contribution in [0.1, 0.15) is 46.7 Å². The molecule has 3 aromatic carbocycles. The van der Waals surface area contributed by atoms with Gasteiger partial charge in [-0.15, -0.1) is 0 Å². The van der Waals surface area contributed by atoms with Crippen LogP contribution in [0.2, 0.25) is 0 Å². The maximum absolute atomic E-state index is 13.1. The molecule has 1 aliphatic carbocycles. The average molecular weight is 516 g/mol. The summed E-state index contributed by atoms with van der Waals surface area (Å²) in [6.45, 7) is 2.84. The molecule has 0 spiro atoms. The number of urea groups is 1. The third kappa shape index (κ3) is 6.50. The molecule has 5 rings (SSSR count). The van der Waals surface area contributed by atoms with Gasteiger partial charge in [0.2, 0.25) is 0 Å². The first-order chi connectivity index (χ1) is 18.5. The van der Waals surface area contributed by atoms with Crippen molar-refractivity contribution < 1.29 is 14.0 Å². The molecule has 8 heteroatoms. The number of nitrogens with two attached hydrogens (primary N) is 1. The van der Waals surface area contributed by atoms with E-state index in [-0.39, 0.29) is 17.8 Å². The molecule has 2 aliphatic rings. The van der Waals surface area contributed by atoms with Crippen molar-refractivity contribution in [3.63, 3.8) is 0 Å². The summed E-state index contributed by atoms with van der Waals surface area (Å²) in [6, 6.07) is 21.5. The Morgan fingerprint density at radius 1 is 0.947 bits per heavy atom. The minimum Gasteiger partial charge on any atom is -0.397 e. The Hall–Kier alpha value is -3.91. The van der Waals surface area contributed by atoms with Gasteiger partial charge in [-0.2, -0.15) is 0 Å². The van der Waals surface area contributed by atoms with Crippen molar-refractivity contribution in [3.05, 3.63) is 95.3 Å². The second-order valence-corrected chi connectivity index (χ2v) is 10.2. The van der Waals surface area contributed by atoms with E-state index in [4.69, 9.17) is 5.73 Å². The molecule has 0 aromatic heterocycles. The summed E-state index contributed by atoms with van der Waals surface area (Å²) < 4.78 is 13.1. The quantitative estimate of drug-likeness (QED) is 0.326. The number of amides is 3. The second-order valence-electron chi connectivity index (χ2n) is 10.2. The maximum atomic E-state index is 13.1. The lowest BCUT2D eigenvalue weighted by atomic mass is 9.97. The molecule has 3 aromatic rings. The summed E-state index contributed by atoms with van der Waals surface area (Å²) >= 11 is 0. The SMILES string of the molecule is Nc1ccccc1NC(=O)c1ccc(CNC(=O)N2CCC(CNC3CC3c3ccc(F)cc3)CC2)cc1. The van der Waals surface area contributed by atoms with Gasteiger partial charge < -0.3 is 26.6 Å². The lowest BCUT2D eigenvalue weighted by Crippen LogP contribution is -2.45. The number of carbonyl (C=O) groups is 2. The lowest BCUT2D eigenvalue weighted by Gasteiger charge is -2.32. The first-order valence-electron chi connectivity index (χ1n) is 13.2. The third-order valence-electron chi connectivity index (χ3n) is 7.53. The Morgan fingerprint density at radius 2 is 1.66 bits per heavy atom. The van der Waals surface area contributed by atoms with Crippen molar-refractivity contribution in [2.45, 2.75) is 37.8 Å². The molecule has 1 heterocycles. The summed E-state index contributed by atoms with van der Waals surface area (Å²) in [7, 11) is 0. The van der Waals surface area contributed by atoms with Crippen LogP contribution < -0.4 is 21.7 Å². The standard InChI is InChI=1S/C30H34FN5O2/c31-24-11-9-22(10-12-24)25-17-28(25)33-18-21-13-15-36(16-14-21)30(38)34-19-20-5-7-23(8-6-20)29(37)35-27-4-2-1-3-26(27)32/h1-12,21,25,28,33H,13-19,32H2,(H,34,38)(H,35,37). The highest BCUT2D eigenvalue weighted by Gasteiger charge is 2.38. The number of carbonyl (C=O) groups excluding carboxylic acids is 2. The number of halogens is 1. The topological polar surface area (TPSA) is 99.5 Å². The highest BCUT2D eigenvalue weighted by molar-refractivity contribution is 6.05. The van der Waals surface area contributed by atoms with Crippen molar-refractivity contribution >= 4 is 23.3 Å². The molecule has 2 atom stereocenters. The molecule has 38 heavy (non-hydrogen) atoms. The van der Waals surface area contributed by atoms with Crippen LogP contribution in [-0.2, 0) is 6.54 Å². The van der Waals surface area contributed by atoms with E-state index in [2.05, 4.69) is 16.0 Å². The van der Waals surface area contributed by atoms with Gasteiger partial charge in [-0.3, -0.25) is 4.79 Å². The fourth-order valence-corrected chi connectivity index (χ4v) is 5.03. The number of piperidine rings is 1. The number of hydrogen-bond acceptors (Lipinski definition) is 4. The summed E-state index contributed by atoms with van der Waals surface area (Å²) in [5, 5.41) is 9.47. The highest BCUT2D eigenvalue weighted by Crippen LogP contribution is 2.41. The van der Waals surface area contributed by atoms with Crippen LogP contribution in [0.5, 0.6) is 0 Å². The second kappa shape index (κ2) is 11.6. The Labute approximate surface area is 222 Å². The van der Waals surface area contributed by atoms with Crippen molar-refractivity contribution in [3.8, 4) is 0 Å². The lowest BCUT2D eigenvalue weighted by molar-refractivity contribution is 0.102. The fourth-order valence-electron chi connectivity index (χ4n) is 5.03. The van der Waals surface area contributed by atoms with Gasteiger partial charge in [-0.05, 0) is 79.3 Å². The number of nitrogen functional groups attached to an aromatic ring is 1. The smallest absolute Gasteiger partial charge is 0.317 e. The average Bonchev–Trinajstić information content (AvgIpc) is 3.72. The number of benzene rings is 3. The molecule has 7 nitrogen and oxygen atoms in total. The van der Waals surface area contributed by atoms with Crippen molar-refractivity contribution in [2.24, 2.45) is 5.92 Å². The number of hydrogen-bond donors (Lipinski definition) is 4. The van der Waals surface area contributed by atoms with E-state index < -0.39 is 0 Å². The predicted octanol–water partition coefficient (Wildman–Crippen LogP) is 4.73. The van der Waals surface area contributed by atoms with Crippen LogP contribution in [0.15, 0.2) is 72.8 Å². The summed E-state index contributed by atoms with van der Waals surface area (Å²) in [5.41, 5.74) is 9.63. The summed E-state index contributed by atoms with van der Waals surface area (Å²) in [5.74, 6) is 0.608. The zero-order chi connectivity index (χ0) is 26.5. The zero-order valence-electron chi connectivity index (χ0n) is 21.3. The molecule has 3 amide bonds. The van der Waals surface area contributed by atoms with Gasteiger partial charge in [-0.1, -0.05) is 36.4 Å². The number of nitrogens with zero attached hydrogens (tertiary/aromatic N) is 1. The van der Waals surface area contributed by atoms with Crippen LogP contribution in [0.4, 0.5) is 20.6 Å². The van der Waals surface area contributed by atoms with Gasteiger partial charge in [0.15, 0.2) is 0 Å². The van der Waals surface area contributed by atoms with Gasteiger partial charge in [0.05, 0.1) is 11.4 Å². The van der Waals surface area contributed by atoms with E-state index in [1.165, 1.54) is 17.7 Å². The Kier molecular flexibility index (Phi) is 7.89. The van der Waals surface area contributed by atoms with Gasteiger partial charge in [0, 0.05) is 37.2 Å². The third-order valence-corrected chi connectivity index (χ3v) is 7.53. The highest BCUT2D eigenvalue weighted by atomic mass is 19.1. The van der Waals surface area contributed by atoms with E-state index in [9.17, 15) is 14.0 Å². The number of anilines is 2. The van der Waals surface area contributed by atoms with Crippen LogP contribution in [0.25, 0.3) is 0 Å². The van der Waals surface area contributed by atoms with E-state index in [0.717, 1.165) is 44.5 Å². The first kappa shape index (κ1) is 25.7. The van der Waals surface area contributed by atoms with Crippen LogP contribution in [0, 0.1) is 11.7 Å². The fraction of sp³-hybridized carbons (Fsp3) is 0.333. The summed E-state index contributed by atoms with van der Waals surface area (Å²) in [6.07, 6.45) is 3.05. The van der Waals surface area contributed by atoms with Crippen molar-refractivity contribution in [1.29, 1.82) is 0 Å². The van der Waals surface area contributed by atoms with Gasteiger partial charge >= 0.3 is 6.03 Å². The molecule has 1 saturated heterocycles. The van der Waals surface area contributed by atoms with E-state index in [1.54, 1.807) is 24.3 Å². The van der Waals surface area contributed by atoms with E-state index in [0.29, 0.717) is 41.4 Å². The Bertz CT molecular complexity index is 1260. The van der Waals surface area contributed by atoms with Crippen LogP contribution in [0.3, 0.4) is 0 Å². The molecule has 198 valence electrons. The number of nitrogens with one attached hydrogen (secondary N) is 3. The van der Waals surface area contributed by atoms with Crippen molar-refractivity contribution in [1.82, 2.24) is 15.5 Å². The zero-order valence-corrected chi connectivity index (χ0v) is 21.3. The molecule has 2 fully saturated rings. The first-order valence-corrected chi connectivity index (χ1v) is 13.2. The molecule has 0 radical (unpaired) electrons. The van der Waals surface area contributed by atoms with Crippen molar-refractivity contribution in [2.75, 3.05) is 30.7 Å². The van der Waals surface area contributed by atoms with Gasteiger partial charge in [0.1, 0.15) is 5.82 Å². The van der Waals surface area contributed by atoms with E-state index >= 15 is 0 Å². The molecule has 2 unspecified atom stereocenters. The predicted molar refractivity (Wildman–Crippen MR) is 147 cm³/mol. The number of likely N-dealkylation sites (tertiary alicyclic amines) is 1. The van der Waals surface area contributed by atoms with Gasteiger partial charge in [0.25, 0.3) is 5.91 Å². The Balaban J connectivity index is 1.00.